The molecule has 30 heteroatoms. The molecule has 0 radical (unpaired) electrons. The number of nitrogens with one attached hydrogen (secondary N) is 2. The van der Waals surface area contributed by atoms with Gasteiger partial charge in [0.1, 0.15) is 72.9 Å². The van der Waals surface area contributed by atoms with Gasteiger partial charge in [-0.2, -0.15) is 0 Å². The van der Waals surface area contributed by atoms with Gasteiger partial charge in [-0.05, 0) is 154 Å². The van der Waals surface area contributed by atoms with Crippen molar-refractivity contribution in [2.75, 3.05) is 74.3 Å². The number of nitrogens with two attached hydrogens (primary N) is 1. The maximum atomic E-state index is 12.7. The van der Waals surface area contributed by atoms with Crippen molar-refractivity contribution in [3.8, 4) is 0 Å². The van der Waals surface area contributed by atoms with E-state index in [1.54, 1.807) is 77.7 Å². The van der Waals surface area contributed by atoms with Gasteiger partial charge in [0.25, 0.3) is 0 Å². The summed E-state index contributed by atoms with van der Waals surface area (Å²) in [6.07, 6.45) is 15.6. The van der Waals surface area contributed by atoms with Crippen LogP contribution in [-0.2, 0) is 99.4 Å². The number of likely N-dealkylation sites (tertiary alicyclic amines) is 4. The summed E-state index contributed by atoms with van der Waals surface area (Å²) >= 11 is 0. The van der Waals surface area contributed by atoms with Gasteiger partial charge in [-0.3, -0.25) is 34.0 Å². The molecule has 0 saturated carbocycles. The van der Waals surface area contributed by atoms with Crippen LogP contribution in [0.2, 0.25) is 0 Å². The van der Waals surface area contributed by atoms with E-state index in [0.29, 0.717) is 77.1 Å². The van der Waals surface area contributed by atoms with Crippen molar-refractivity contribution in [3.63, 3.8) is 0 Å². The van der Waals surface area contributed by atoms with Crippen LogP contribution in [0.3, 0.4) is 0 Å². The first-order chi connectivity index (χ1) is 54.6. The minimum atomic E-state index is -1.15. The Labute approximate surface area is 668 Å². The van der Waals surface area contributed by atoms with Crippen molar-refractivity contribution in [3.05, 3.63) is 180 Å². The van der Waals surface area contributed by atoms with E-state index in [1.807, 2.05) is 135 Å². The van der Waals surface area contributed by atoms with Crippen LogP contribution < -0.4 is 16.4 Å². The lowest BCUT2D eigenvalue weighted by Gasteiger charge is -2.33. The summed E-state index contributed by atoms with van der Waals surface area (Å²) in [7, 11) is 6.20. The largest absolute Gasteiger partial charge is 0.480 e. The summed E-state index contributed by atoms with van der Waals surface area (Å²) in [5, 5.41) is 24.1. The van der Waals surface area contributed by atoms with E-state index >= 15 is 0 Å². The van der Waals surface area contributed by atoms with Gasteiger partial charge in [-0.25, -0.2) is 33.9 Å². The van der Waals surface area contributed by atoms with E-state index in [9.17, 15) is 48.3 Å². The molecule has 4 amide bonds. The van der Waals surface area contributed by atoms with E-state index in [2.05, 4.69) is 27.5 Å². The molecular weight excluding hydrogens is 1470 g/mol. The van der Waals surface area contributed by atoms with E-state index in [1.165, 1.54) is 22.5 Å². The number of rotatable bonds is 25. The molecule has 6 atom stereocenters. The van der Waals surface area contributed by atoms with Gasteiger partial charge < -0.3 is 78.1 Å². The number of aliphatic carboxylic acids is 2. The third kappa shape index (κ3) is 26.8. The number of carboxylic acids is 2. The molecule has 0 aliphatic carbocycles. The molecule has 624 valence electrons. The quantitative estimate of drug-likeness (QED) is 0.0202. The highest BCUT2D eigenvalue weighted by Crippen LogP contribution is 2.39. The lowest BCUT2D eigenvalue weighted by atomic mass is 9.90. The molecule has 6 N–H and O–H groups in total. The highest BCUT2D eigenvalue weighted by Gasteiger charge is 2.50. The predicted octanol–water partition coefficient (Wildman–Crippen LogP) is 12.5. The number of benzene rings is 4. The Hall–Kier alpha value is -9.95. The number of oxazole rings is 2. The first-order valence-corrected chi connectivity index (χ1v) is 38.7. The molecule has 12 rings (SSSR count). The normalized spacial score (nSPS) is 22.4. The number of Topliss-reactive ketones (excluding diaryl/α,β-unsaturated/α-hetero) is 2. The Kier molecular flexibility index (Phi) is 37.8. The lowest BCUT2D eigenvalue weighted by molar-refractivity contribution is -0.148. The maximum absolute atomic E-state index is 12.7. The molecule has 0 spiro atoms. The summed E-state index contributed by atoms with van der Waals surface area (Å²) in [6.45, 7) is 16.2. The fourth-order valence-corrected chi connectivity index (χ4v) is 14.0. The van der Waals surface area contributed by atoms with Crippen LogP contribution in [0.25, 0.3) is 0 Å². The van der Waals surface area contributed by atoms with Gasteiger partial charge in [-0.15, -0.1) is 0 Å². The van der Waals surface area contributed by atoms with Crippen LogP contribution in [0.5, 0.6) is 0 Å². The van der Waals surface area contributed by atoms with Crippen LogP contribution in [0, 0.1) is 0 Å². The summed E-state index contributed by atoms with van der Waals surface area (Å²) in [5.74, 6) is -0.400. The average molecular weight is 1590 g/mol. The van der Waals surface area contributed by atoms with Gasteiger partial charge in [-0.1, -0.05) is 121 Å². The third-order valence-corrected chi connectivity index (χ3v) is 21.3. The molecule has 30 nitrogen and oxygen atoms in total. The predicted molar refractivity (Wildman–Crippen MR) is 421 cm³/mol. The first kappa shape index (κ1) is 92.9. The Balaban J connectivity index is 0.000000214. The number of carbonyl (C=O) groups is 9. The maximum Gasteiger partial charge on any atom is 0.411 e. The van der Waals surface area contributed by atoms with Crippen LogP contribution >= 0.6 is 0 Å². The standard InChI is InChI=1S/C19H27NO5.C17H21NO4.C16H18N2O3.C14H17NO4.C8H12N2O.C6H11NO2.C4H11NO2/c1-19(16(21)10-11-17(23-2)24-3)12-7-13-20(19)18(22)25-14-15-8-5-4-6-9-15;1-17(15(20)9-5-12-19)10-6-11-18(17)16(21)22-13-14-7-3-2-4-8-14;1-16(14-17-9-11-20-14)8-5-10-18(16)15(19)21-12-13-6-3-2-4-7-13;1-14(12(16)17)8-5-9-15(14)13(18)19-10-11-6-3-2-4-7-11;1-8(3-2-4-10-8)7-9-5-6-11-7;1-6(5(8)9)3-2-4-7-6;1-6-4(3-5)7-2/h4-6,8-9,17H,7,10-14H2,1-3H3;2-4,7-8,12H,5-6,9-11,13H2,1H3;2-4,6-7,9,11H,5,8,10,12H2,1H3;2-4,6-7H,5,8-10H2,1H3,(H,16,17);5-6,10H,2-4H2,1H3;7H,2-4H2,1H3,(H,8,9);4H,3,5H2,1-2H3/t19-;17-;16-;14-;8-;6-;/m000000./s1. The summed E-state index contributed by atoms with van der Waals surface area (Å²) in [5.41, 5.74) is 4.85. The molecule has 114 heavy (non-hydrogen) atoms. The second-order valence-corrected chi connectivity index (χ2v) is 29.4. The topological polar surface area (TPSA) is 383 Å². The number of hydrogen-bond donors (Lipinski definition) is 5. The van der Waals surface area contributed by atoms with Crippen LogP contribution in [-0.4, -0.2) is 203 Å². The van der Waals surface area contributed by atoms with Crippen LogP contribution in [0.4, 0.5) is 19.2 Å². The molecule has 6 fully saturated rings. The Morgan fingerprint density at radius 2 is 0.833 bits per heavy atom. The van der Waals surface area contributed by atoms with Crippen LogP contribution in [0.1, 0.15) is 178 Å². The smallest absolute Gasteiger partial charge is 0.411 e. The van der Waals surface area contributed by atoms with E-state index in [0.717, 1.165) is 92.5 Å². The van der Waals surface area contributed by atoms with E-state index in [-0.39, 0.29) is 68.8 Å². The van der Waals surface area contributed by atoms with Gasteiger partial charge >= 0.3 is 36.3 Å². The highest BCUT2D eigenvalue weighted by atomic mass is 16.7. The molecule has 6 aliphatic heterocycles. The van der Waals surface area contributed by atoms with Gasteiger partial charge in [0.2, 0.25) is 11.8 Å². The number of amides is 4. The Morgan fingerprint density at radius 1 is 0.465 bits per heavy atom. The summed E-state index contributed by atoms with van der Waals surface area (Å²) in [6, 6.07) is 37.9. The molecule has 6 aromatic rings. The van der Waals surface area contributed by atoms with Crippen molar-refractivity contribution in [1.29, 1.82) is 0 Å². The molecule has 4 aromatic carbocycles. The molecule has 8 heterocycles. The number of aromatic nitrogens is 2. The number of carboxylic acid groups (broad SMARTS) is 2. The SMILES string of the molecule is COC(CCC(=O)[C@]1(C)CCCN1C(=O)OCc1ccccc1)OC.COC(CN)OC.C[C@@]1(C(=O)CCC=O)CCCN1C(=O)OCc1ccccc1.C[C@@]1(C(=O)O)CCCN1.C[C@@]1(C(=O)O)CCCN1C(=O)OCc1ccccc1.C[C@@]1(c2ncco2)CCCN1.C[C@@]1(c2ncco2)CCCN1C(=O)OCc1ccccc1. The fraction of sp³-hybridized carbons (Fsp3) is 0.536. The average Bonchev–Trinajstić information content (AvgIpc) is 1.63. The number of hydrogen-bond acceptors (Lipinski definition) is 24. The van der Waals surface area contributed by atoms with Gasteiger partial charge in [0.15, 0.2) is 24.1 Å². The number of nitrogens with zero attached hydrogens (tertiary/aromatic N) is 6. The summed E-state index contributed by atoms with van der Waals surface area (Å²) < 4.78 is 51.7. The number of aldehydes is 1. The van der Waals surface area contributed by atoms with Gasteiger partial charge in [0.05, 0.1) is 17.9 Å². The van der Waals surface area contributed by atoms with Crippen molar-refractivity contribution in [2.24, 2.45) is 5.73 Å². The minimum absolute atomic E-state index is 0.0104. The van der Waals surface area contributed by atoms with Gasteiger partial charge in [0, 0.05) is 86.8 Å². The van der Waals surface area contributed by atoms with E-state index in [4.69, 9.17) is 57.6 Å². The molecule has 6 saturated heterocycles. The monoisotopic (exact) mass is 1590 g/mol. The zero-order chi connectivity index (χ0) is 83.2. The van der Waals surface area contributed by atoms with Crippen molar-refractivity contribution in [1.82, 2.24) is 40.2 Å². The number of carbonyl (C=O) groups excluding carboxylic acids is 7. The lowest BCUT2D eigenvalue weighted by Crippen LogP contribution is -2.51. The van der Waals surface area contributed by atoms with Crippen LogP contribution in [0.15, 0.2) is 155 Å². The second kappa shape index (κ2) is 46.4. The molecule has 6 aliphatic rings. The molecule has 0 unspecified atom stereocenters. The fourth-order valence-electron chi connectivity index (χ4n) is 14.0. The highest BCUT2D eigenvalue weighted by molar-refractivity contribution is 5.93. The second-order valence-electron chi connectivity index (χ2n) is 29.4. The van der Waals surface area contributed by atoms with E-state index < -0.39 is 64.2 Å². The third-order valence-electron chi connectivity index (χ3n) is 21.3. The molecule has 0 bridgehead atoms. The Bertz CT molecular complexity index is 3860. The summed E-state index contributed by atoms with van der Waals surface area (Å²) in [4.78, 5) is 121. The zero-order valence-corrected chi connectivity index (χ0v) is 67.6. The Morgan fingerprint density at radius 3 is 1.17 bits per heavy atom. The number of ketones is 2. The van der Waals surface area contributed by atoms with Crippen molar-refractivity contribution < 1.29 is 100 Å². The molecular formula is C84H117N9O21. The minimum Gasteiger partial charge on any atom is -0.480 e. The first-order valence-electron chi connectivity index (χ1n) is 38.7. The number of ether oxygens (including phenoxy) is 8. The van der Waals surface area contributed by atoms with Crippen molar-refractivity contribution >= 4 is 54.2 Å². The van der Waals surface area contributed by atoms with Crippen molar-refractivity contribution in [2.45, 2.75) is 217 Å². The molecule has 2 aromatic heterocycles. The zero-order valence-electron chi connectivity index (χ0n) is 67.6. The number of methoxy groups -OCH3 is 4.